The van der Waals surface area contributed by atoms with Crippen LogP contribution in [0.3, 0.4) is 0 Å². The van der Waals surface area contributed by atoms with Gasteiger partial charge in [-0.15, -0.1) is 13.2 Å². The van der Waals surface area contributed by atoms with E-state index in [-0.39, 0.29) is 5.75 Å². The Balaban J connectivity index is 1.88. The first-order chi connectivity index (χ1) is 15.7. The molecule has 4 nitrogen and oxygen atoms in total. The molecular weight excluding hydrogens is 433 g/mol. The quantitative estimate of drug-likeness (QED) is 0.339. The normalized spacial score (nSPS) is 11.5. The van der Waals surface area contributed by atoms with Gasteiger partial charge < -0.3 is 14.6 Å². The van der Waals surface area contributed by atoms with Crippen molar-refractivity contribution in [2.24, 2.45) is 0 Å². The Morgan fingerprint density at radius 2 is 1.58 bits per heavy atom. The summed E-state index contributed by atoms with van der Waals surface area (Å²) in [6.07, 6.45) is 0.864. The van der Waals surface area contributed by atoms with Gasteiger partial charge in [-0.25, -0.2) is 4.79 Å². The zero-order valence-electron chi connectivity index (χ0n) is 17.9. The topological polar surface area (TPSA) is 55.8 Å². The molecule has 0 aliphatic carbocycles. The fourth-order valence-electron chi connectivity index (χ4n) is 3.18. The summed E-state index contributed by atoms with van der Waals surface area (Å²) in [5, 5.41) is 8.98. The van der Waals surface area contributed by atoms with E-state index < -0.39 is 12.3 Å². The number of hydrogen-bond donors (Lipinski definition) is 1. The average molecular weight is 456 g/mol. The summed E-state index contributed by atoms with van der Waals surface area (Å²) >= 11 is 0. The van der Waals surface area contributed by atoms with Crippen LogP contribution in [-0.2, 0) is 11.2 Å². The van der Waals surface area contributed by atoms with Crippen LogP contribution >= 0.6 is 0 Å². The third-order valence-corrected chi connectivity index (χ3v) is 4.81. The van der Waals surface area contributed by atoms with E-state index in [1.807, 2.05) is 24.3 Å². The summed E-state index contributed by atoms with van der Waals surface area (Å²) in [5.74, 6) is -0.398. The van der Waals surface area contributed by atoms with Crippen LogP contribution in [0.2, 0.25) is 0 Å². The van der Waals surface area contributed by atoms with E-state index in [2.05, 4.69) is 11.7 Å². The number of alkyl halides is 3. The molecule has 0 unspecified atom stereocenters. The molecule has 0 aliphatic rings. The molecule has 7 heteroatoms. The monoisotopic (exact) mass is 456 g/mol. The van der Waals surface area contributed by atoms with E-state index in [1.165, 1.54) is 35.9 Å². The predicted octanol–water partition coefficient (Wildman–Crippen LogP) is 7.48. The van der Waals surface area contributed by atoms with Crippen molar-refractivity contribution >= 4 is 12.0 Å². The Bertz CT molecular complexity index is 1100. The van der Waals surface area contributed by atoms with Gasteiger partial charge in [-0.3, -0.25) is 0 Å². The lowest BCUT2D eigenvalue weighted by Gasteiger charge is -2.13. The lowest BCUT2D eigenvalue weighted by Crippen LogP contribution is -2.16. The summed E-state index contributed by atoms with van der Waals surface area (Å²) in [5.41, 5.74) is 3.09. The van der Waals surface area contributed by atoms with Crippen molar-refractivity contribution in [2.75, 3.05) is 0 Å². The minimum absolute atomic E-state index is 0.313. The number of carbonyl (C=O) groups is 1. The number of hydrogen-bond acceptors (Lipinski definition) is 3. The molecule has 3 rings (SSSR count). The summed E-state index contributed by atoms with van der Waals surface area (Å²) in [7, 11) is 0. The number of unbranched alkanes of at least 4 members (excludes halogenated alkanes) is 1. The van der Waals surface area contributed by atoms with Gasteiger partial charge >= 0.3 is 12.3 Å². The third kappa shape index (κ3) is 7.42. The number of ether oxygens (including phenoxy) is 2. The van der Waals surface area contributed by atoms with Gasteiger partial charge in [0.15, 0.2) is 0 Å². The third-order valence-electron chi connectivity index (χ3n) is 4.81. The smallest absolute Gasteiger partial charge is 0.478 e. The molecule has 0 amide bonds. The number of halogens is 3. The minimum atomic E-state index is -4.76. The van der Waals surface area contributed by atoms with E-state index >= 15 is 0 Å². The predicted molar refractivity (Wildman–Crippen MR) is 120 cm³/mol. The Morgan fingerprint density at radius 1 is 0.939 bits per heavy atom. The van der Waals surface area contributed by atoms with Crippen LogP contribution in [0, 0.1) is 0 Å². The fraction of sp³-hybridized carbons (Fsp3) is 0.192. The number of aryl methyl sites for hydroxylation is 1. The van der Waals surface area contributed by atoms with Crippen LogP contribution in [0.25, 0.3) is 17.2 Å². The fourth-order valence-corrected chi connectivity index (χ4v) is 3.18. The maximum atomic E-state index is 12.4. The molecule has 33 heavy (non-hydrogen) atoms. The molecule has 0 bridgehead atoms. The Labute approximate surface area is 189 Å². The molecule has 0 fully saturated rings. The standard InChI is InChI=1S/C26H23F3O4/c1-2-3-4-18-5-12-22(13-6-18)32-24-17-21(8-7-20(24)11-16-25(30)31)19-9-14-23(15-10-19)33-26(27,28)29/h5-17H,2-4H2,1H3,(H,30,31)/b16-11+. The molecule has 0 saturated carbocycles. The van der Waals surface area contributed by atoms with Gasteiger partial charge in [0.1, 0.15) is 17.2 Å². The Hall–Kier alpha value is -3.74. The zero-order valence-corrected chi connectivity index (χ0v) is 17.9. The maximum Gasteiger partial charge on any atom is 0.573 e. The van der Waals surface area contributed by atoms with Crippen LogP contribution in [0.15, 0.2) is 72.8 Å². The van der Waals surface area contributed by atoms with E-state index in [1.54, 1.807) is 18.2 Å². The second-order valence-corrected chi connectivity index (χ2v) is 7.35. The zero-order chi connectivity index (χ0) is 23.8. The summed E-state index contributed by atoms with van der Waals surface area (Å²) in [6, 6.07) is 18.3. The summed E-state index contributed by atoms with van der Waals surface area (Å²) in [6.45, 7) is 2.13. The average Bonchev–Trinajstić information content (AvgIpc) is 2.77. The number of carboxylic acids is 1. The highest BCUT2D eigenvalue weighted by molar-refractivity contribution is 5.86. The van der Waals surface area contributed by atoms with Crippen LogP contribution in [0.1, 0.15) is 30.9 Å². The highest BCUT2D eigenvalue weighted by Gasteiger charge is 2.30. The van der Waals surface area contributed by atoms with Crippen molar-refractivity contribution in [1.82, 2.24) is 0 Å². The van der Waals surface area contributed by atoms with Crippen molar-refractivity contribution < 1.29 is 32.5 Å². The van der Waals surface area contributed by atoms with Gasteiger partial charge in [-0.1, -0.05) is 49.7 Å². The molecule has 1 N–H and O–H groups in total. The lowest BCUT2D eigenvalue weighted by molar-refractivity contribution is -0.274. The van der Waals surface area contributed by atoms with Crippen LogP contribution < -0.4 is 9.47 Å². The number of carboxylic acid groups (broad SMARTS) is 1. The first-order valence-corrected chi connectivity index (χ1v) is 10.4. The molecular formula is C26H23F3O4. The molecule has 0 atom stereocenters. The molecule has 172 valence electrons. The Kier molecular flexibility index (Phi) is 7.77. The second kappa shape index (κ2) is 10.7. The van der Waals surface area contributed by atoms with Gasteiger partial charge in [0, 0.05) is 11.6 Å². The number of rotatable bonds is 9. The first-order valence-electron chi connectivity index (χ1n) is 10.4. The van der Waals surface area contributed by atoms with Crippen molar-refractivity contribution in [3.63, 3.8) is 0 Å². The van der Waals surface area contributed by atoms with E-state index in [9.17, 15) is 18.0 Å². The molecule has 0 aromatic heterocycles. The van der Waals surface area contributed by atoms with Crippen LogP contribution in [0.4, 0.5) is 13.2 Å². The van der Waals surface area contributed by atoms with Crippen LogP contribution in [-0.4, -0.2) is 17.4 Å². The largest absolute Gasteiger partial charge is 0.573 e. The SMILES string of the molecule is CCCCc1ccc(Oc2cc(-c3ccc(OC(F)(F)F)cc3)ccc2/C=C/C(=O)O)cc1. The highest BCUT2D eigenvalue weighted by Crippen LogP contribution is 2.33. The van der Waals surface area contributed by atoms with E-state index in [0.717, 1.165) is 25.3 Å². The molecule has 0 radical (unpaired) electrons. The van der Waals surface area contributed by atoms with Gasteiger partial charge in [0.2, 0.25) is 0 Å². The minimum Gasteiger partial charge on any atom is -0.478 e. The van der Waals surface area contributed by atoms with E-state index in [4.69, 9.17) is 9.84 Å². The molecule has 0 spiro atoms. The highest BCUT2D eigenvalue weighted by atomic mass is 19.4. The van der Waals surface area contributed by atoms with Crippen molar-refractivity contribution in [3.8, 4) is 28.4 Å². The second-order valence-electron chi connectivity index (χ2n) is 7.35. The number of benzene rings is 3. The van der Waals surface area contributed by atoms with Gasteiger partial charge in [0.05, 0.1) is 0 Å². The van der Waals surface area contributed by atoms with Crippen molar-refractivity contribution in [3.05, 3.63) is 83.9 Å². The lowest BCUT2D eigenvalue weighted by atomic mass is 10.0. The summed E-state index contributed by atoms with van der Waals surface area (Å²) < 4.78 is 47.1. The Morgan fingerprint density at radius 3 is 2.18 bits per heavy atom. The number of aliphatic carboxylic acids is 1. The van der Waals surface area contributed by atoms with Crippen molar-refractivity contribution in [1.29, 1.82) is 0 Å². The van der Waals surface area contributed by atoms with Gasteiger partial charge in [0.25, 0.3) is 0 Å². The molecule has 0 aliphatic heterocycles. The van der Waals surface area contributed by atoms with Gasteiger partial charge in [-0.2, -0.15) is 0 Å². The molecule has 0 heterocycles. The molecule has 3 aromatic carbocycles. The van der Waals surface area contributed by atoms with E-state index in [0.29, 0.717) is 28.2 Å². The van der Waals surface area contributed by atoms with Crippen molar-refractivity contribution in [2.45, 2.75) is 32.5 Å². The summed E-state index contributed by atoms with van der Waals surface area (Å²) in [4.78, 5) is 11.0. The van der Waals surface area contributed by atoms with Crippen LogP contribution in [0.5, 0.6) is 17.2 Å². The molecule has 3 aromatic rings. The molecule has 0 saturated heterocycles. The first kappa shape index (κ1) is 23.9. The van der Waals surface area contributed by atoms with Gasteiger partial charge in [-0.05, 0) is 65.9 Å². The maximum absolute atomic E-state index is 12.4.